The molecule has 0 radical (unpaired) electrons. The molecule has 106 valence electrons. The number of hydrogen-bond donors (Lipinski definition) is 0. The minimum atomic E-state index is 0.133. The zero-order valence-electron chi connectivity index (χ0n) is 11.5. The molecule has 3 nitrogen and oxygen atoms in total. The number of ketones is 1. The average molecular weight is 356 g/mol. The van der Waals surface area contributed by atoms with Crippen LogP contribution in [0.25, 0.3) is 0 Å². The summed E-state index contributed by atoms with van der Waals surface area (Å²) in [4.78, 5) is 12.2. The number of Topliss-reactive ketones (excluding diaryl/α,β-unsaturated/α-hetero) is 1. The van der Waals surface area contributed by atoms with E-state index in [0.29, 0.717) is 24.4 Å². The van der Waals surface area contributed by atoms with Gasteiger partial charge in [0.1, 0.15) is 5.78 Å². The van der Waals surface area contributed by atoms with E-state index in [0.717, 1.165) is 21.4 Å². The van der Waals surface area contributed by atoms with E-state index in [9.17, 15) is 4.79 Å². The van der Waals surface area contributed by atoms with Gasteiger partial charge in [-0.25, -0.2) is 0 Å². The predicted octanol–water partition coefficient (Wildman–Crippen LogP) is 3.98. The first-order valence-corrected chi connectivity index (χ1v) is 7.67. The molecule has 1 aromatic heterocycles. The molecule has 0 aliphatic heterocycles. The van der Waals surface area contributed by atoms with Crippen molar-refractivity contribution in [3.8, 4) is 0 Å². The van der Waals surface area contributed by atoms with Crippen molar-refractivity contribution < 1.29 is 4.79 Å². The van der Waals surface area contributed by atoms with Gasteiger partial charge in [0.25, 0.3) is 0 Å². The maximum absolute atomic E-state index is 12.2. The Balaban J connectivity index is 2.15. The lowest BCUT2D eigenvalue weighted by atomic mass is 10.1. The SMILES string of the molecule is CCn1nc(C)c(Cl)c1CC(=O)Cc1ccccc1Br. The van der Waals surface area contributed by atoms with Gasteiger partial charge in [-0.1, -0.05) is 45.7 Å². The van der Waals surface area contributed by atoms with E-state index in [1.807, 2.05) is 38.1 Å². The number of carbonyl (C=O) groups is 1. The summed E-state index contributed by atoms with van der Waals surface area (Å²) in [5.74, 6) is 0.133. The molecule has 1 heterocycles. The van der Waals surface area contributed by atoms with Crippen molar-refractivity contribution in [1.82, 2.24) is 9.78 Å². The first kappa shape index (κ1) is 15.3. The van der Waals surface area contributed by atoms with E-state index in [2.05, 4.69) is 21.0 Å². The minimum Gasteiger partial charge on any atom is -0.299 e. The Labute approximate surface area is 132 Å². The van der Waals surface area contributed by atoms with Crippen LogP contribution in [0.2, 0.25) is 5.02 Å². The van der Waals surface area contributed by atoms with E-state index in [-0.39, 0.29) is 5.78 Å². The van der Waals surface area contributed by atoms with Gasteiger partial charge in [-0.3, -0.25) is 9.48 Å². The summed E-state index contributed by atoms with van der Waals surface area (Å²) in [6, 6.07) is 7.76. The van der Waals surface area contributed by atoms with Gasteiger partial charge >= 0.3 is 0 Å². The number of aryl methyl sites for hydroxylation is 2. The molecule has 0 atom stereocenters. The fourth-order valence-electron chi connectivity index (χ4n) is 2.14. The van der Waals surface area contributed by atoms with Crippen LogP contribution in [0.1, 0.15) is 23.9 Å². The van der Waals surface area contributed by atoms with E-state index in [1.165, 1.54) is 0 Å². The number of benzene rings is 1. The second-order valence-corrected chi connectivity index (χ2v) is 5.88. The molecule has 0 spiro atoms. The lowest BCUT2D eigenvalue weighted by Crippen LogP contribution is -2.12. The van der Waals surface area contributed by atoms with Crippen molar-refractivity contribution in [3.05, 3.63) is 50.7 Å². The van der Waals surface area contributed by atoms with E-state index >= 15 is 0 Å². The lowest BCUT2D eigenvalue weighted by molar-refractivity contribution is -0.117. The molecule has 5 heteroatoms. The van der Waals surface area contributed by atoms with Crippen molar-refractivity contribution in [2.45, 2.75) is 33.2 Å². The number of rotatable bonds is 5. The highest BCUT2D eigenvalue weighted by atomic mass is 79.9. The van der Waals surface area contributed by atoms with Crippen LogP contribution in [0.4, 0.5) is 0 Å². The Morgan fingerprint density at radius 2 is 2.05 bits per heavy atom. The topological polar surface area (TPSA) is 34.9 Å². The number of carbonyl (C=O) groups excluding carboxylic acids is 1. The molecule has 0 N–H and O–H groups in total. The Morgan fingerprint density at radius 1 is 1.35 bits per heavy atom. The van der Waals surface area contributed by atoms with Gasteiger partial charge in [-0.05, 0) is 25.5 Å². The third-order valence-electron chi connectivity index (χ3n) is 3.16. The Morgan fingerprint density at radius 3 is 2.70 bits per heavy atom. The van der Waals surface area contributed by atoms with E-state index in [4.69, 9.17) is 11.6 Å². The predicted molar refractivity (Wildman–Crippen MR) is 84.2 cm³/mol. The van der Waals surface area contributed by atoms with Crippen molar-refractivity contribution >= 4 is 33.3 Å². The maximum atomic E-state index is 12.2. The van der Waals surface area contributed by atoms with E-state index in [1.54, 1.807) is 4.68 Å². The molecule has 0 bridgehead atoms. The van der Waals surface area contributed by atoms with Crippen LogP contribution in [-0.4, -0.2) is 15.6 Å². The molecule has 20 heavy (non-hydrogen) atoms. The zero-order valence-corrected chi connectivity index (χ0v) is 13.8. The molecule has 0 aliphatic carbocycles. The van der Waals surface area contributed by atoms with Gasteiger partial charge in [0.05, 0.1) is 22.8 Å². The van der Waals surface area contributed by atoms with Crippen LogP contribution < -0.4 is 0 Å². The Bertz CT molecular complexity index is 637. The second-order valence-electron chi connectivity index (χ2n) is 4.65. The first-order valence-electron chi connectivity index (χ1n) is 6.49. The number of hydrogen-bond acceptors (Lipinski definition) is 2. The Kier molecular flexibility index (Phi) is 5.00. The van der Waals surface area contributed by atoms with Crippen LogP contribution >= 0.6 is 27.5 Å². The van der Waals surface area contributed by atoms with Gasteiger partial charge in [0.15, 0.2) is 0 Å². The smallest absolute Gasteiger partial charge is 0.143 e. The van der Waals surface area contributed by atoms with Crippen LogP contribution in [0.15, 0.2) is 28.7 Å². The molecule has 2 rings (SSSR count). The standard InChI is InChI=1S/C15H16BrClN2O/c1-3-19-14(15(17)10(2)18-19)9-12(20)8-11-6-4-5-7-13(11)16/h4-7H,3,8-9H2,1-2H3. The second kappa shape index (κ2) is 6.55. The molecule has 2 aromatic rings. The van der Waals surface area contributed by atoms with Crippen LogP contribution in [0.3, 0.4) is 0 Å². The molecular formula is C15H16BrClN2O. The fourth-order valence-corrected chi connectivity index (χ4v) is 2.77. The lowest BCUT2D eigenvalue weighted by Gasteiger charge is -2.06. The van der Waals surface area contributed by atoms with Crippen LogP contribution in [0, 0.1) is 6.92 Å². The summed E-state index contributed by atoms with van der Waals surface area (Å²) in [6.45, 7) is 4.56. The summed E-state index contributed by atoms with van der Waals surface area (Å²) >= 11 is 9.69. The van der Waals surface area contributed by atoms with Gasteiger partial charge < -0.3 is 0 Å². The fraction of sp³-hybridized carbons (Fsp3) is 0.333. The molecule has 0 saturated heterocycles. The van der Waals surface area contributed by atoms with Crippen molar-refractivity contribution in [2.24, 2.45) is 0 Å². The quantitative estimate of drug-likeness (QED) is 0.813. The molecular weight excluding hydrogens is 340 g/mol. The van der Waals surface area contributed by atoms with Gasteiger partial charge in [-0.2, -0.15) is 5.10 Å². The largest absolute Gasteiger partial charge is 0.299 e. The number of nitrogens with zero attached hydrogens (tertiary/aromatic N) is 2. The molecule has 0 fully saturated rings. The summed E-state index contributed by atoms with van der Waals surface area (Å²) < 4.78 is 2.76. The third-order valence-corrected chi connectivity index (χ3v) is 4.43. The summed E-state index contributed by atoms with van der Waals surface area (Å²) in [7, 11) is 0. The third kappa shape index (κ3) is 3.30. The summed E-state index contributed by atoms with van der Waals surface area (Å²) in [6.07, 6.45) is 0.709. The van der Waals surface area contributed by atoms with Gasteiger partial charge in [0.2, 0.25) is 0 Å². The van der Waals surface area contributed by atoms with Gasteiger partial charge in [-0.15, -0.1) is 0 Å². The molecule has 1 aromatic carbocycles. The number of halogens is 2. The first-order chi connectivity index (χ1) is 9.52. The van der Waals surface area contributed by atoms with E-state index < -0.39 is 0 Å². The van der Waals surface area contributed by atoms with Crippen molar-refractivity contribution in [1.29, 1.82) is 0 Å². The highest BCUT2D eigenvalue weighted by Crippen LogP contribution is 2.22. The van der Waals surface area contributed by atoms with Gasteiger partial charge in [0, 0.05) is 17.4 Å². The zero-order chi connectivity index (χ0) is 14.7. The van der Waals surface area contributed by atoms with Crippen LogP contribution in [-0.2, 0) is 24.2 Å². The van der Waals surface area contributed by atoms with Crippen LogP contribution in [0.5, 0.6) is 0 Å². The molecule has 0 unspecified atom stereocenters. The maximum Gasteiger partial charge on any atom is 0.143 e. The highest BCUT2D eigenvalue weighted by Gasteiger charge is 2.16. The average Bonchev–Trinajstić information content (AvgIpc) is 2.69. The molecule has 0 saturated carbocycles. The summed E-state index contributed by atoms with van der Waals surface area (Å²) in [5.41, 5.74) is 2.58. The minimum absolute atomic E-state index is 0.133. The van der Waals surface area contributed by atoms with Crippen molar-refractivity contribution in [3.63, 3.8) is 0 Å². The normalized spacial score (nSPS) is 10.8. The molecule has 0 amide bonds. The summed E-state index contributed by atoms with van der Waals surface area (Å²) in [5, 5.41) is 4.93. The highest BCUT2D eigenvalue weighted by molar-refractivity contribution is 9.10. The number of aromatic nitrogens is 2. The molecule has 0 aliphatic rings. The van der Waals surface area contributed by atoms with Crippen molar-refractivity contribution in [2.75, 3.05) is 0 Å². The monoisotopic (exact) mass is 354 g/mol. The Hall–Kier alpha value is -1.13.